The predicted octanol–water partition coefficient (Wildman–Crippen LogP) is 3.89. The summed E-state index contributed by atoms with van der Waals surface area (Å²) in [7, 11) is 3.31. The summed E-state index contributed by atoms with van der Waals surface area (Å²) < 4.78 is 24.3. The van der Waals surface area contributed by atoms with Crippen molar-refractivity contribution in [3.63, 3.8) is 0 Å². The van der Waals surface area contributed by atoms with E-state index < -0.39 is 5.82 Å². The van der Waals surface area contributed by atoms with Crippen LogP contribution in [0.1, 0.15) is 25.3 Å². The van der Waals surface area contributed by atoms with E-state index in [1.165, 1.54) is 12.1 Å². The first-order valence-corrected chi connectivity index (χ1v) is 10.5. The van der Waals surface area contributed by atoms with Crippen LogP contribution in [0.4, 0.5) is 10.1 Å². The number of methoxy groups -OCH3 is 2. The van der Waals surface area contributed by atoms with Gasteiger partial charge in [0.25, 0.3) is 0 Å². The third-order valence-electron chi connectivity index (χ3n) is 5.31. The summed E-state index contributed by atoms with van der Waals surface area (Å²) in [6, 6.07) is 10.5. The normalized spacial score (nSPS) is 14.5. The quantitative estimate of drug-likeness (QED) is 0.272. The van der Waals surface area contributed by atoms with E-state index in [0.29, 0.717) is 18.1 Å². The molecule has 0 radical (unpaired) electrons. The number of anilines is 1. The summed E-state index contributed by atoms with van der Waals surface area (Å²) >= 11 is 0. The minimum absolute atomic E-state index is 0. The van der Waals surface area contributed by atoms with E-state index in [1.807, 2.05) is 25.1 Å². The lowest BCUT2D eigenvalue weighted by atomic mass is 10.0. The van der Waals surface area contributed by atoms with Gasteiger partial charge in [0.05, 0.1) is 20.8 Å². The molecule has 1 heterocycles. The third-order valence-corrected chi connectivity index (χ3v) is 5.31. The predicted molar refractivity (Wildman–Crippen MR) is 136 cm³/mol. The molecule has 0 bridgehead atoms. The van der Waals surface area contributed by atoms with Gasteiger partial charge in [-0.1, -0.05) is 6.07 Å². The molecule has 0 aliphatic carbocycles. The van der Waals surface area contributed by atoms with Crippen LogP contribution < -0.4 is 25.0 Å². The number of aromatic hydroxyl groups is 1. The molecular weight excluding hydrogens is 526 g/mol. The van der Waals surface area contributed by atoms with Crippen LogP contribution in [-0.4, -0.2) is 51.0 Å². The molecule has 1 fully saturated rings. The summed E-state index contributed by atoms with van der Waals surface area (Å²) in [6.45, 7) is 4.87. The van der Waals surface area contributed by atoms with Crippen LogP contribution >= 0.6 is 24.0 Å². The molecule has 3 N–H and O–H groups in total. The summed E-state index contributed by atoms with van der Waals surface area (Å²) in [4.78, 5) is 6.90. The maximum absolute atomic E-state index is 13.5. The molecule has 1 saturated heterocycles. The number of phenols is 1. The first kappa shape index (κ1) is 25.8. The average molecular weight is 558 g/mol. The van der Waals surface area contributed by atoms with E-state index in [9.17, 15) is 9.50 Å². The number of rotatable bonds is 7. The van der Waals surface area contributed by atoms with Gasteiger partial charge in [0, 0.05) is 49.6 Å². The van der Waals surface area contributed by atoms with E-state index in [0.717, 1.165) is 49.7 Å². The van der Waals surface area contributed by atoms with Gasteiger partial charge < -0.3 is 30.1 Å². The van der Waals surface area contributed by atoms with Gasteiger partial charge in [-0.2, -0.15) is 0 Å². The zero-order valence-corrected chi connectivity index (χ0v) is 21.1. The standard InChI is InChI=1S/C23H31FN4O3.HI/c1-4-25-23(26-15-16-5-6-22(29)21(24)11-16)27-17-7-9-28(10-8-17)18-12-19(30-2)14-20(13-18)31-3;/h5-6,11-14,17,29H,4,7-10,15H2,1-3H3,(H2,25,26,27);1H. The Kier molecular flexibility index (Phi) is 10.1. The summed E-state index contributed by atoms with van der Waals surface area (Å²) in [6.07, 6.45) is 1.91. The van der Waals surface area contributed by atoms with Gasteiger partial charge in [0.1, 0.15) is 11.5 Å². The Labute approximate surface area is 206 Å². The second-order valence-electron chi connectivity index (χ2n) is 7.46. The number of hydrogen-bond donors (Lipinski definition) is 3. The number of guanidine groups is 1. The van der Waals surface area contributed by atoms with Crippen molar-refractivity contribution >= 4 is 35.6 Å². The lowest BCUT2D eigenvalue weighted by Gasteiger charge is -2.34. The average Bonchev–Trinajstić information content (AvgIpc) is 2.80. The Morgan fingerprint density at radius 1 is 1.12 bits per heavy atom. The Balaban J connectivity index is 0.00000363. The van der Waals surface area contributed by atoms with E-state index >= 15 is 0 Å². The molecule has 9 heteroatoms. The van der Waals surface area contributed by atoms with E-state index in [4.69, 9.17) is 9.47 Å². The molecule has 0 unspecified atom stereocenters. The summed E-state index contributed by atoms with van der Waals surface area (Å²) in [5.74, 6) is 1.28. The van der Waals surface area contributed by atoms with Gasteiger partial charge in [0.15, 0.2) is 17.5 Å². The fourth-order valence-electron chi connectivity index (χ4n) is 3.59. The van der Waals surface area contributed by atoms with Gasteiger partial charge in [-0.25, -0.2) is 9.38 Å². The van der Waals surface area contributed by atoms with E-state index in [2.05, 4.69) is 20.5 Å². The zero-order valence-electron chi connectivity index (χ0n) is 18.7. The van der Waals surface area contributed by atoms with Crippen molar-refractivity contribution in [2.24, 2.45) is 4.99 Å². The number of ether oxygens (including phenoxy) is 2. The smallest absolute Gasteiger partial charge is 0.191 e. The minimum Gasteiger partial charge on any atom is -0.505 e. The molecule has 0 saturated carbocycles. The van der Waals surface area contributed by atoms with Crippen LogP contribution in [0.5, 0.6) is 17.2 Å². The Hall–Kier alpha value is -2.43. The number of aliphatic imine (C=N–C) groups is 1. The van der Waals surface area contributed by atoms with Gasteiger partial charge in [-0.05, 0) is 37.5 Å². The van der Waals surface area contributed by atoms with E-state index in [-0.39, 0.29) is 35.8 Å². The van der Waals surface area contributed by atoms with Gasteiger partial charge >= 0.3 is 0 Å². The van der Waals surface area contributed by atoms with Crippen molar-refractivity contribution in [3.8, 4) is 17.2 Å². The highest BCUT2D eigenvalue weighted by molar-refractivity contribution is 14.0. The van der Waals surface area contributed by atoms with Crippen molar-refractivity contribution < 1.29 is 19.0 Å². The SMILES string of the molecule is CCNC(=NCc1ccc(O)c(F)c1)NC1CCN(c2cc(OC)cc(OC)c2)CC1.I. The highest BCUT2D eigenvalue weighted by atomic mass is 127. The molecule has 0 spiro atoms. The maximum Gasteiger partial charge on any atom is 0.191 e. The minimum atomic E-state index is -0.632. The Bertz CT molecular complexity index is 883. The molecule has 32 heavy (non-hydrogen) atoms. The number of halogens is 2. The maximum atomic E-state index is 13.5. The Morgan fingerprint density at radius 2 is 1.78 bits per heavy atom. The summed E-state index contributed by atoms with van der Waals surface area (Å²) in [5.41, 5.74) is 1.79. The zero-order chi connectivity index (χ0) is 22.2. The van der Waals surface area contributed by atoms with Crippen molar-refractivity contribution in [2.75, 3.05) is 38.8 Å². The molecular formula is C23H32FIN4O3. The second-order valence-corrected chi connectivity index (χ2v) is 7.46. The van der Waals surface area contributed by atoms with Crippen LogP contribution in [0.15, 0.2) is 41.4 Å². The molecule has 0 amide bonds. The van der Waals surface area contributed by atoms with Crippen molar-refractivity contribution in [1.82, 2.24) is 10.6 Å². The number of phenolic OH excluding ortho intramolecular Hbond substituents is 1. The molecule has 1 aliphatic heterocycles. The van der Waals surface area contributed by atoms with Crippen LogP contribution in [0, 0.1) is 5.82 Å². The Morgan fingerprint density at radius 3 is 2.34 bits per heavy atom. The first-order valence-electron chi connectivity index (χ1n) is 10.5. The topological polar surface area (TPSA) is 78.4 Å². The van der Waals surface area contributed by atoms with Gasteiger partial charge in [-0.15, -0.1) is 24.0 Å². The molecule has 2 aromatic rings. The molecule has 0 aromatic heterocycles. The number of hydrogen-bond acceptors (Lipinski definition) is 5. The third kappa shape index (κ3) is 7.04. The van der Waals surface area contributed by atoms with Crippen molar-refractivity contribution in [1.29, 1.82) is 0 Å². The monoisotopic (exact) mass is 558 g/mol. The molecule has 7 nitrogen and oxygen atoms in total. The van der Waals surface area contributed by atoms with Crippen molar-refractivity contribution in [2.45, 2.75) is 32.4 Å². The van der Waals surface area contributed by atoms with Crippen LogP contribution in [0.2, 0.25) is 0 Å². The first-order chi connectivity index (χ1) is 15.0. The van der Waals surface area contributed by atoms with Crippen molar-refractivity contribution in [3.05, 3.63) is 47.8 Å². The molecule has 3 rings (SSSR count). The molecule has 0 atom stereocenters. The van der Waals surface area contributed by atoms with Gasteiger partial charge in [0.2, 0.25) is 0 Å². The second kappa shape index (κ2) is 12.6. The molecule has 2 aromatic carbocycles. The lowest BCUT2D eigenvalue weighted by molar-refractivity contribution is 0.393. The highest BCUT2D eigenvalue weighted by Crippen LogP contribution is 2.30. The lowest BCUT2D eigenvalue weighted by Crippen LogP contribution is -2.48. The van der Waals surface area contributed by atoms with Crippen LogP contribution in [-0.2, 0) is 6.54 Å². The number of nitrogens with one attached hydrogen (secondary N) is 2. The van der Waals surface area contributed by atoms with Crippen LogP contribution in [0.3, 0.4) is 0 Å². The molecule has 1 aliphatic rings. The largest absolute Gasteiger partial charge is 0.505 e. The van der Waals surface area contributed by atoms with Crippen LogP contribution in [0.25, 0.3) is 0 Å². The van der Waals surface area contributed by atoms with Gasteiger partial charge in [-0.3, -0.25) is 0 Å². The fourth-order valence-corrected chi connectivity index (χ4v) is 3.59. The number of piperidine rings is 1. The van der Waals surface area contributed by atoms with E-state index in [1.54, 1.807) is 20.3 Å². The number of nitrogens with zero attached hydrogens (tertiary/aromatic N) is 2. The summed E-state index contributed by atoms with van der Waals surface area (Å²) in [5, 5.41) is 16.1. The highest BCUT2D eigenvalue weighted by Gasteiger charge is 2.21. The number of benzene rings is 2. The fraction of sp³-hybridized carbons (Fsp3) is 0.435. The molecule has 176 valence electrons.